The summed E-state index contributed by atoms with van der Waals surface area (Å²) in [5.74, 6) is -0.480. The highest BCUT2D eigenvalue weighted by atomic mass is 79.9. The monoisotopic (exact) mass is 412 g/mol. The zero-order valence-electron chi connectivity index (χ0n) is 10.8. The first-order valence-corrected chi connectivity index (χ1v) is 7.87. The molecule has 0 saturated carbocycles. The molecule has 108 valence electrons. The second-order valence-corrected chi connectivity index (χ2v) is 6.52. The number of amides is 1. The van der Waals surface area contributed by atoms with E-state index in [9.17, 15) is 9.18 Å². The van der Waals surface area contributed by atoms with E-state index >= 15 is 0 Å². The highest BCUT2D eigenvalue weighted by Gasteiger charge is 2.36. The van der Waals surface area contributed by atoms with Crippen molar-refractivity contribution >= 4 is 43.5 Å². The molecule has 6 heteroatoms. The second kappa shape index (κ2) is 5.51. The first-order valence-electron chi connectivity index (χ1n) is 6.28. The Morgan fingerprint density at radius 1 is 1.19 bits per heavy atom. The summed E-state index contributed by atoms with van der Waals surface area (Å²) < 4.78 is 14.6. The Kier molecular flexibility index (Phi) is 3.86. The molecule has 1 unspecified atom stereocenters. The number of rotatable bonds is 2. The molecule has 1 heterocycles. The molecule has 1 aliphatic rings. The molecule has 1 atom stereocenters. The van der Waals surface area contributed by atoms with Crippen molar-refractivity contribution in [1.82, 2.24) is 0 Å². The molecular formula is C15H11Br2FN2O. The fraction of sp³-hybridized carbons (Fsp3) is 0.133. The Morgan fingerprint density at radius 3 is 2.67 bits per heavy atom. The van der Waals surface area contributed by atoms with Crippen LogP contribution in [0.2, 0.25) is 0 Å². The number of carbonyl (C=O) groups excluding carboxylic acids is 1. The van der Waals surface area contributed by atoms with Gasteiger partial charge in [0, 0.05) is 14.5 Å². The van der Waals surface area contributed by atoms with Crippen LogP contribution in [-0.2, 0) is 11.3 Å². The lowest BCUT2D eigenvalue weighted by molar-refractivity contribution is -0.119. The summed E-state index contributed by atoms with van der Waals surface area (Å²) in [6, 6.07) is 9.34. The van der Waals surface area contributed by atoms with E-state index in [-0.39, 0.29) is 11.7 Å². The van der Waals surface area contributed by atoms with Crippen LogP contribution in [-0.4, -0.2) is 5.91 Å². The smallest absolute Gasteiger partial charge is 0.248 e. The fourth-order valence-electron chi connectivity index (χ4n) is 2.46. The van der Waals surface area contributed by atoms with Gasteiger partial charge in [0.2, 0.25) is 5.91 Å². The van der Waals surface area contributed by atoms with Crippen LogP contribution in [0.1, 0.15) is 17.2 Å². The maximum absolute atomic E-state index is 13.2. The molecule has 2 aromatic rings. The van der Waals surface area contributed by atoms with E-state index in [4.69, 9.17) is 5.73 Å². The number of hydrogen-bond acceptors (Lipinski definition) is 2. The van der Waals surface area contributed by atoms with Crippen molar-refractivity contribution in [3.63, 3.8) is 0 Å². The average Bonchev–Trinajstić information content (AvgIpc) is 2.68. The highest BCUT2D eigenvalue weighted by molar-refractivity contribution is 9.10. The molecule has 0 bridgehead atoms. The van der Waals surface area contributed by atoms with Crippen molar-refractivity contribution in [2.45, 2.75) is 12.6 Å². The Balaban J connectivity index is 2.01. The minimum Gasteiger partial charge on any atom is -0.316 e. The molecule has 21 heavy (non-hydrogen) atoms. The van der Waals surface area contributed by atoms with Crippen LogP contribution >= 0.6 is 31.9 Å². The van der Waals surface area contributed by atoms with Crippen LogP contribution < -0.4 is 10.6 Å². The summed E-state index contributed by atoms with van der Waals surface area (Å²) in [6.45, 7) is 0.344. The first-order chi connectivity index (χ1) is 9.99. The van der Waals surface area contributed by atoms with Crippen molar-refractivity contribution in [2.75, 3.05) is 4.90 Å². The van der Waals surface area contributed by atoms with Gasteiger partial charge in [-0.25, -0.2) is 4.39 Å². The number of nitrogens with two attached hydrogens (primary N) is 1. The molecule has 0 spiro atoms. The van der Waals surface area contributed by atoms with Gasteiger partial charge in [-0.05, 0) is 29.8 Å². The number of carbonyl (C=O) groups is 1. The van der Waals surface area contributed by atoms with Gasteiger partial charge in [0.25, 0.3) is 0 Å². The fourth-order valence-corrected chi connectivity index (χ4v) is 3.54. The molecule has 0 fully saturated rings. The number of halogens is 3. The number of benzene rings is 2. The SMILES string of the molecule is NC1C(=O)N(Cc2ccc(F)cc2Br)c2cccc(Br)c21. The molecule has 0 radical (unpaired) electrons. The number of hydrogen-bond donors (Lipinski definition) is 1. The van der Waals surface area contributed by atoms with Gasteiger partial charge in [-0.15, -0.1) is 0 Å². The van der Waals surface area contributed by atoms with Crippen molar-refractivity contribution < 1.29 is 9.18 Å². The molecule has 3 nitrogen and oxygen atoms in total. The third-order valence-electron chi connectivity index (χ3n) is 3.51. The van der Waals surface area contributed by atoms with Gasteiger partial charge in [0.05, 0.1) is 12.2 Å². The number of fused-ring (bicyclic) bond motifs is 1. The summed E-state index contributed by atoms with van der Waals surface area (Å²) >= 11 is 6.76. The number of nitrogens with zero attached hydrogens (tertiary/aromatic N) is 1. The van der Waals surface area contributed by atoms with E-state index in [1.807, 2.05) is 18.2 Å². The van der Waals surface area contributed by atoms with Crippen molar-refractivity contribution in [3.8, 4) is 0 Å². The summed E-state index contributed by atoms with van der Waals surface area (Å²) in [5.41, 5.74) is 8.41. The van der Waals surface area contributed by atoms with Gasteiger partial charge in [-0.1, -0.05) is 44.0 Å². The van der Waals surface area contributed by atoms with E-state index in [1.54, 1.807) is 11.0 Å². The van der Waals surface area contributed by atoms with Gasteiger partial charge < -0.3 is 10.6 Å². The molecule has 2 N–H and O–H groups in total. The molecule has 2 aromatic carbocycles. The number of anilines is 1. The van der Waals surface area contributed by atoms with Crippen molar-refractivity contribution in [1.29, 1.82) is 0 Å². The molecule has 3 rings (SSSR count). The first kappa shape index (κ1) is 14.7. The highest BCUT2D eigenvalue weighted by Crippen LogP contribution is 2.40. The Hall–Kier alpha value is -1.24. The average molecular weight is 414 g/mol. The van der Waals surface area contributed by atoms with Crippen LogP contribution in [0, 0.1) is 5.82 Å². The van der Waals surface area contributed by atoms with Gasteiger partial charge >= 0.3 is 0 Å². The lowest BCUT2D eigenvalue weighted by atomic mass is 10.1. The van der Waals surface area contributed by atoms with Gasteiger partial charge in [-0.3, -0.25) is 4.79 Å². The topological polar surface area (TPSA) is 46.3 Å². The minimum atomic E-state index is -0.671. The Bertz CT molecular complexity index is 736. The van der Waals surface area contributed by atoms with E-state index < -0.39 is 6.04 Å². The van der Waals surface area contributed by atoms with Gasteiger partial charge in [0.15, 0.2) is 0 Å². The zero-order valence-corrected chi connectivity index (χ0v) is 14.0. The standard InChI is InChI=1S/C15H11Br2FN2O/c16-10-2-1-3-12-13(10)14(19)15(21)20(12)7-8-4-5-9(18)6-11(8)17/h1-6,14H,7,19H2. The lowest BCUT2D eigenvalue weighted by Crippen LogP contribution is -2.31. The maximum Gasteiger partial charge on any atom is 0.248 e. The van der Waals surface area contributed by atoms with Crippen LogP contribution in [0.3, 0.4) is 0 Å². The summed E-state index contributed by atoms with van der Waals surface area (Å²) in [6.07, 6.45) is 0. The zero-order chi connectivity index (χ0) is 15.1. The maximum atomic E-state index is 13.2. The molecule has 0 saturated heterocycles. The molecule has 0 aliphatic carbocycles. The van der Waals surface area contributed by atoms with E-state index in [1.165, 1.54) is 12.1 Å². The summed E-state index contributed by atoms with van der Waals surface area (Å²) in [4.78, 5) is 14.0. The lowest BCUT2D eigenvalue weighted by Gasteiger charge is -2.18. The summed E-state index contributed by atoms with van der Waals surface area (Å²) in [5, 5.41) is 0. The molecule has 0 aromatic heterocycles. The van der Waals surface area contributed by atoms with Crippen molar-refractivity contribution in [2.24, 2.45) is 5.73 Å². The second-order valence-electron chi connectivity index (χ2n) is 4.81. The normalized spacial score (nSPS) is 17.2. The third kappa shape index (κ3) is 2.52. The largest absolute Gasteiger partial charge is 0.316 e. The Labute approximate surface area is 138 Å². The van der Waals surface area contributed by atoms with Gasteiger partial charge in [0.1, 0.15) is 11.9 Å². The van der Waals surface area contributed by atoms with E-state index in [2.05, 4.69) is 31.9 Å². The predicted octanol–water partition coefficient (Wildman–Crippen LogP) is 3.90. The van der Waals surface area contributed by atoms with Gasteiger partial charge in [-0.2, -0.15) is 0 Å². The summed E-state index contributed by atoms with van der Waals surface area (Å²) in [7, 11) is 0. The minimum absolute atomic E-state index is 0.159. The van der Waals surface area contributed by atoms with Crippen LogP contribution in [0.4, 0.5) is 10.1 Å². The molecule has 1 amide bonds. The predicted molar refractivity (Wildman–Crippen MR) is 86.4 cm³/mol. The quantitative estimate of drug-likeness (QED) is 0.811. The van der Waals surface area contributed by atoms with Crippen LogP contribution in [0.15, 0.2) is 45.3 Å². The van der Waals surface area contributed by atoms with E-state index in [0.717, 1.165) is 21.3 Å². The molecular weight excluding hydrogens is 403 g/mol. The third-order valence-corrected chi connectivity index (χ3v) is 4.94. The molecule has 1 aliphatic heterocycles. The van der Waals surface area contributed by atoms with Crippen LogP contribution in [0.5, 0.6) is 0 Å². The van der Waals surface area contributed by atoms with E-state index in [0.29, 0.717) is 11.0 Å². The van der Waals surface area contributed by atoms with Crippen LogP contribution in [0.25, 0.3) is 0 Å². The van der Waals surface area contributed by atoms with Crippen molar-refractivity contribution in [3.05, 3.63) is 62.3 Å². The Morgan fingerprint density at radius 2 is 1.95 bits per heavy atom.